The van der Waals surface area contributed by atoms with Gasteiger partial charge in [0.15, 0.2) is 23.3 Å². The molecule has 1 amide bonds. The maximum absolute atomic E-state index is 13.2. The van der Waals surface area contributed by atoms with Crippen molar-refractivity contribution >= 4 is 45.8 Å². The van der Waals surface area contributed by atoms with Crippen molar-refractivity contribution in [2.75, 3.05) is 18.2 Å². The summed E-state index contributed by atoms with van der Waals surface area (Å²) in [4.78, 5) is 41.2. The van der Waals surface area contributed by atoms with Gasteiger partial charge in [0.05, 0.1) is 23.6 Å². The number of nitrogens with zero attached hydrogens (tertiary/aromatic N) is 1. The Kier molecular flexibility index (Phi) is 5.84. The molecule has 0 radical (unpaired) electrons. The van der Waals surface area contributed by atoms with Crippen LogP contribution in [0.4, 0.5) is 20.2 Å². The summed E-state index contributed by atoms with van der Waals surface area (Å²) in [5, 5.41) is 2.55. The van der Waals surface area contributed by atoms with Gasteiger partial charge in [-0.1, -0.05) is 23.9 Å². The number of rotatable bonds is 4. The largest absolute Gasteiger partial charge is 0.468 e. The molecule has 0 aliphatic carbocycles. The van der Waals surface area contributed by atoms with Gasteiger partial charge in [0, 0.05) is 17.3 Å². The smallest absolute Gasteiger partial charge is 0.323 e. The lowest BCUT2D eigenvalue weighted by molar-refractivity contribution is -0.141. The molecule has 0 saturated heterocycles. The predicted molar refractivity (Wildman–Crippen MR) is 101 cm³/mol. The van der Waals surface area contributed by atoms with E-state index in [0.29, 0.717) is 11.3 Å². The summed E-state index contributed by atoms with van der Waals surface area (Å²) >= 11 is 0.900. The van der Waals surface area contributed by atoms with Crippen LogP contribution in [0.3, 0.4) is 0 Å². The summed E-state index contributed by atoms with van der Waals surface area (Å²) in [7, 11) is 1.16. The molecular formula is C19H14F2N2O4S. The van der Waals surface area contributed by atoms with E-state index in [0.717, 1.165) is 31.0 Å². The number of benzene rings is 2. The van der Waals surface area contributed by atoms with Gasteiger partial charge in [0.1, 0.15) is 0 Å². The van der Waals surface area contributed by atoms with Crippen LogP contribution in [0, 0.1) is 17.6 Å². The number of amides is 1. The molecular weight excluding hydrogens is 390 g/mol. The third-order valence-electron chi connectivity index (χ3n) is 3.90. The number of ketones is 1. The molecule has 0 bridgehead atoms. The fourth-order valence-corrected chi connectivity index (χ4v) is 3.47. The van der Waals surface area contributed by atoms with Crippen LogP contribution in [0.25, 0.3) is 0 Å². The molecule has 1 unspecified atom stereocenters. The molecule has 3 rings (SSSR count). The Hall–Kier alpha value is -3.07. The van der Waals surface area contributed by atoms with Crippen LogP contribution in [0.2, 0.25) is 0 Å². The van der Waals surface area contributed by atoms with Gasteiger partial charge >= 0.3 is 5.97 Å². The number of para-hydroxylation sites is 1. The van der Waals surface area contributed by atoms with Crippen molar-refractivity contribution in [2.24, 2.45) is 10.9 Å². The molecule has 1 heterocycles. The van der Waals surface area contributed by atoms with Gasteiger partial charge in [-0.25, -0.2) is 13.8 Å². The number of aliphatic imine (C=N–C) groups is 1. The van der Waals surface area contributed by atoms with E-state index >= 15 is 0 Å². The molecule has 0 fully saturated rings. The third kappa shape index (κ3) is 4.09. The lowest BCUT2D eigenvalue weighted by Crippen LogP contribution is -2.34. The van der Waals surface area contributed by atoms with Crippen LogP contribution in [0.15, 0.2) is 47.5 Å². The highest BCUT2D eigenvalue weighted by Gasteiger charge is 2.38. The Morgan fingerprint density at radius 3 is 2.64 bits per heavy atom. The molecule has 0 saturated carbocycles. The third-order valence-corrected chi connectivity index (χ3v) is 4.93. The number of ether oxygens (including phenoxy) is 1. The van der Waals surface area contributed by atoms with Gasteiger partial charge in [-0.05, 0) is 24.3 Å². The van der Waals surface area contributed by atoms with E-state index in [1.165, 1.54) is 6.07 Å². The van der Waals surface area contributed by atoms with Gasteiger partial charge in [-0.2, -0.15) is 0 Å². The van der Waals surface area contributed by atoms with E-state index in [2.05, 4.69) is 10.3 Å². The Bertz CT molecular complexity index is 994. The standard InChI is InChI=1S/C19H14F2N2O4S/c1-27-19(26)16-17(25)11-4-2-3-5-14(11)23-18(16)28-9-15(24)22-10-6-7-12(20)13(21)8-10/h2-8,16H,9H2,1H3,(H,22,24). The first-order valence-electron chi connectivity index (χ1n) is 8.08. The van der Waals surface area contributed by atoms with Crippen LogP contribution in [0.5, 0.6) is 0 Å². The van der Waals surface area contributed by atoms with Crippen LogP contribution in [-0.2, 0) is 14.3 Å². The van der Waals surface area contributed by atoms with Crippen LogP contribution >= 0.6 is 11.8 Å². The number of carbonyl (C=O) groups excluding carboxylic acids is 3. The van der Waals surface area contributed by atoms with Crippen molar-refractivity contribution in [3.63, 3.8) is 0 Å². The molecule has 1 aliphatic heterocycles. The molecule has 2 aromatic carbocycles. The summed E-state index contributed by atoms with van der Waals surface area (Å²) < 4.78 is 30.9. The second kappa shape index (κ2) is 8.30. The molecule has 9 heteroatoms. The van der Waals surface area contributed by atoms with Gasteiger partial charge in [-0.3, -0.25) is 14.4 Å². The van der Waals surface area contributed by atoms with E-state index < -0.39 is 35.2 Å². The quantitative estimate of drug-likeness (QED) is 0.624. The number of halogens is 2. The summed E-state index contributed by atoms with van der Waals surface area (Å²) in [5.41, 5.74) is 0.783. The molecule has 1 N–H and O–H groups in total. The van der Waals surface area contributed by atoms with E-state index in [4.69, 9.17) is 4.74 Å². The first-order chi connectivity index (χ1) is 13.4. The number of anilines is 1. The lowest BCUT2D eigenvalue weighted by Gasteiger charge is -2.21. The Balaban J connectivity index is 1.76. The van der Waals surface area contributed by atoms with Gasteiger partial charge in [-0.15, -0.1) is 0 Å². The van der Waals surface area contributed by atoms with Crippen molar-refractivity contribution < 1.29 is 27.9 Å². The average molecular weight is 404 g/mol. The van der Waals surface area contributed by atoms with Crippen LogP contribution in [0.1, 0.15) is 10.4 Å². The zero-order valence-corrected chi connectivity index (χ0v) is 15.4. The number of hydrogen-bond acceptors (Lipinski definition) is 6. The number of hydrogen-bond donors (Lipinski definition) is 1. The summed E-state index contributed by atoms with van der Waals surface area (Å²) in [6.07, 6.45) is 0. The first-order valence-corrected chi connectivity index (χ1v) is 9.06. The predicted octanol–water partition coefficient (Wildman–Crippen LogP) is 3.35. The average Bonchev–Trinajstić information content (AvgIpc) is 2.69. The van der Waals surface area contributed by atoms with Crippen molar-refractivity contribution in [3.8, 4) is 0 Å². The normalized spacial score (nSPS) is 15.5. The molecule has 2 aromatic rings. The molecule has 28 heavy (non-hydrogen) atoms. The maximum Gasteiger partial charge on any atom is 0.323 e. The van der Waals surface area contributed by atoms with Crippen molar-refractivity contribution in [1.82, 2.24) is 0 Å². The number of fused-ring (bicyclic) bond motifs is 1. The van der Waals surface area contributed by atoms with E-state index in [1.807, 2.05) is 0 Å². The van der Waals surface area contributed by atoms with E-state index in [-0.39, 0.29) is 16.5 Å². The summed E-state index contributed by atoms with van der Waals surface area (Å²) in [6, 6.07) is 9.52. The molecule has 6 nitrogen and oxygen atoms in total. The SMILES string of the molecule is COC(=O)C1C(=O)c2ccccc2N=C1SCC(=O)Nc1ccc(F)c(F)c1. The lowest BCUT2D eigenvalue weighted by atomic mass is 9.94. The minimum absolute atomic E-state index is 0.0843. The van der Waals surface area contributed by atoms with Crippen LogP contribution < -0.4 is 5.32 Å². The van der Waals surface area contributed by atoms with Crippen molar-refractivity contribution in [2.45, 2.75) is 0 Å². The molecule has 0 spiro atoms. The monoisotopic (exact) mass is 404 g/mol. The topological polar surface area (TPSA) is 84.8 Å². The molecule has 0 aromatic heterocycles. The Morgan fingerprint density at radius 2 is 1.93 bits per heavy atom. The minimum atomic E-state index is -1.25. The van der Waals surface area contributed by atoms with Crippen LogP contribution in [-0.4, -0.2) is 35.6 Å². The summed E-state index contributed by atoms with van der Waals surface area (Å²) in [6.45, 7) is 0. The number of nitrogens with one attached hydrogen (secondary N) is 1. The molecule has 1 atom stereocenters. The van der Waals surface area contributed by atoms with E-state index in [9.17, 15) is 23.2 Å². The molecule has 1 aliphatic rings. The second-order valence-corrected chi connectivity index (χ2v) is 6.75. The fraction of sp³-hybridized carbons (Fsp3) is 0.158. The Labute approximate surface area is 163 Å². The number of methoxy groups -OCH3 is 1. The highest BCUT2D eigenvalue weighted by molar-refractivity contribution is 8.14. The number of Topliss-reactive ketones (excluding diaryl/α,β-unsaturated/α-hetero) is 1. The highest BCUT2D eigenvalue weighted by atomic mass is 32.2. The summed E-state index contributed by atoms with van der Waals surface area (Å²) in [5.74, 6) is -5.32. The zero-order valence-electron chi connectivity index (χ0n) is 14.6. The molecule has 144 valence electrons. The van der Waals surface area contributed by atoms with Gasteiger partial charge in [0.2, 0.25) is 5.91 Å². The highest BCUT2D eigenvalue weighted by Crippen LogP contribution is 2.32. The van der Waals surface area contributed by atoms with E-state index in [1.54, 1.807) is 24.3 Å². The van der Waals surface area contributed by atoms with Gasteiger partial charge < -0.3 is 10.1 Å². The second-order valence-electron chi connectivity index (χ2n) is 5.75. The Morgan fingerprint density at radius 1 is 1.18 bits per heavy atom. The minimum Gasteiger partial charge on any atom is -0.468 e. The first kappa shape index (κ1) is 19.7. The number of esters is 1. The zero-order chi connectivity index (χ0) is 20.3. The van der Waals surface area contributed by atoms with Crippen molar-refractivity contribution in [1.29, 1.82) is 0 Å². The van der Waals surface area contributed by atoms with Gasteiger partial charge in [0.25, 0.3) is 0 Å². The van der Waals surface area contributed by atoms with Crippen molar-refractivity contribution in [3.05, 3.63) is 59.7 Å². The number of thioether (sulfide) groups is 1. The fourth-order valence-electron chi connectivity index (χ4n) is 2.58. The number of carbonyl (C=O) groups is 3. The maximum atomic E-state index is 13.2.